The van der Waals surface area contributed by atoms with Crippen LogP contribution in [0.5, 0.6) is 0 Å². The number of anilines is 1. The van der Waals surface area contributed by atoms with Gasteiger partial charge >= 0.3 is 0 Å². The van der Waals surface area contributed by atoms with Crippen molar-refractivity contribution in [2.24, 2.45) is 0 Å². The number of pyridine rings is 2. The molecule has 5 nitrogen and oxygen atoms in total. The number of aromatic nitrogens is 3. The molecule has 0 atom stereocenters. The standard InChI is InChI=1S/C25H25F2N5/c1-2-28-15-18-4-3-5-19(12-18)20-7-10-32-22(16-30-24(32)13-20)21-6-9-29-23(14-21)31-11-8-25(26,27)17-31/h3-7,9-10,12-14,16,28H,2,8,11,15,17H2,1H3. The lowest BCUT2D eigenvalue weighted by Gasteiger charge is -2.17. The van der Waals surface area contributed by atoms with Gasteiger partial charge in [-0.05, 0) is 53.6 Å². The van der Waals surface area contributed by atoms with Crippen LogP contribution >= 0.6 is 0 Å². The van der Waals surface area contributed by atoms with E-state index in [9.17, 15) is 8.78 Å². The van der Waals surface area contributed by atoms with E-state index in [1.165, 1.54) is 5.56 Å². The summed E-state index contributed by atoms with van der Waals surface area (Å²) in [6, 6.07) is 16.4. The van der Waals surface area contributed by atoms with E-state index in [1.54, 1.807) is 11.1 Å². The number of rotatable bonds is 6. The molecule has 1 aliphatic rings. The minimum Gasteiger partial charge on any atom is -0.350 e. The highest BCUT2D eigenvalue weighted by Crippen LogP contribution is 2.32. The second-order valence-corrected chi connectivity index (χ2v) is 8.20. The summed E-state index contributed by atoms with van der Waals surface area (Å²) in [5.41, 5.74) is 6.13. The first-order chi connectivity index (χ1) is 15.5. The van der Waals surface area contributed by atoms with E-state index in [2.05, 4.69) is 58.6 Å². The van der Waals surface area contributed by atoms with Crippen LogP contribution in [0, 0.1) is 0 Å². The quantitative estimate of drug-likeness (QED) is 0.464. The van der Waals surface area contributed by atoms with Gasteiger partial charge in [0.2, 0.25) is 0 Å². The topological polar surface area (TPSA) is 45.5 Å². The van der Waals surface area contributed by atoms with Crippen LogP contribution in [0.15, 0.2) is 67.1 Å². The first-order valence-electron chi connectivity index (χ1n) is 10.9. The van der Waals surface area contributed by atoms with Crippen molar-refractivity contribution in [2.75, 3.05) is 24.5 Å². The number of hydrogen-bond donors (Lipinski definition) is 1. The van der Waals surface area contributed by atoms with Gasteiger partial charge in [0, 0.05) is 37.5 Å². The van der Waals surface area contributed by atoms with Crippen molar-refractivity contribution in [3.8, 4) is 22.4 Å². The highest BCUT2D eigenvalue weighted by Gasteiger charge is 2.38. The first-order valence-corrected chi connectivity index (χ1v) is 10.9. The third-order valence-corrected chi connectivity index (χ3v) is 5.89. The van der Waals surface area contributed by atoms with Gasteiger partial charge in [0.25, 0.3) is 5.92 Å². The summed E-state index contributed by atoms with van der Waals surface area (Å²) in [5.74, 6) is -2.08. The molecule has 0 amide bonds. The molecule has 3 aromatic heterocycles. The predicted octanol–water partition coefficient (Wildman–Crippen LogP) is 5.02. The van der Waals surface area contributed by atoms with Crippen molar-refractivity contribution < 1.29 is 8.78 Å². The second-order valence-electron chi connectivity index (χ2n) is 8.20. The molecule has 1 aromatic carbocycles. The lowest BCUT2D eigenvalue weighted by molar-refractivity contribution is 0.0256. The Morgan fingerprint density at radius 2 is 1.91 bits per heavy atom. The molecule has 0 unspecified atom stereocenters. The summed E-state index contributed by atoms with van der Waals surface area (Å²) in [6.07, 6.45) is 5.37. The highest BCUT2D eigenvalue weighted by molar-refractivity contribution is 5.72. The molecule has 1 fully saturated rings. The number of nitrogens with one attached hydrogen (secondary N) is 1. The van der Waals surface area contributed by atoms with Crippen molar-refractivity contribution in [3.05, 3.63) is 72.7 Å². The van der Waals surface area contributed by atoms with E-state index < -0.39 is 5.92 Å². The van der Waals surface area contributed by atoms with Crippen molar-refractivity contribution in [3.63, 3.8) is 0 Å². The molecule has 1 aliphatic heterocycles. The van der Waals surface area contributed by atoms with Gasteiger partial charge in [-0.3, -0.25) is 4.40 Å². The summed E-state index contributed by atoms with van der Waals surface area (Å²) in [5, 5.41) is 3.36. The van der Waals surface area contributed by atoms with Crippen LogP contribution in [0.3, 0.4) is 0 Å². The number of nitrogens with zero attached hydrogens (tertiary/aromatic N) is 4. The summed E-state index contributed by atoms with van der Waals surface area (Å²) < 4.78 is 29.3. The van der Waals surface area contributed by atoms with Crippen molar-refractivity contribution in [1.82, 2.24) is 19.7 Å². The predicted molar refractivity (Wildman–Crippen MR) is 123 cm³/mol. The van der Waals surface area contributed by atoms with Gasteiger partial charge in [-0.25, -0.2) is 18.7 Å². The van der Waals surface area contributed by atoms with E-state index in [-0.39, 0.29) is 13.0 Å². The van der Waals surface area contributed by atoms with Crippen LogP contribution in [0.4, 0.5) is 14.6 Å². The Morgan fingerprint density at radius 3 is 2.72 bits per heavy atom. The number of fused-ring (bicyclic) bond motifs is 1. The fraction of sp³-hybridized carbons (Fsp3) is 0.280. The van der Waals surface area contributed by atoms with E-state index >= 15 is 0 Å². The summed E-state index contributed by atoms with van der Waals surface area (Å²) in [4.78, 5) is 10.6. The van der Waals surface area contributed by atoms with Crippen LogP contribution in [-0.2, 0) is 6.54 Å². The molecule has 0 spiro atoms. The van der Waals surface area contributed by atoms with Gasteiger partial charge in [0.1, 0.15) is 11.5 Å². The van der Waals surface area contributed by atoms with E-state index in [0.29, 0.717) is 12.4 Å². The smallest absolute Gasteiger partial charge is 0.266 e. The van der Waals surface area contributed by atoms with E-state index in [0.717, 1.165) is 41.1 Å². The van der Waals surface area contributed by atoms with Gasteiger partial charge in [-0.2, -0.15) is 0 Å². The molecule has 0 aliphatic carbocycles. The van der Waals surface area contributed by atoms with Crippen LogP contribution in [-0.4, -0.2) is 39.9 Å². The maximum absolute atomic E-state index is 13.6. The van der Waals surface area contributed by atoms with Crippen molar-refractivity contribution in [2.45, 2.75) is 25.8 Å². The van der Waals surface area contributed by atoms with E-state index in [1.807, 2.05) is 28.9 Å². The molecule has 32 heavy (non-hydrogen) atoms. The lowest BCUT2D eigenvalue weighted by Crippen LogP contribution is -2.25. The summed E-state index contributed by atoms with van der Waals surface area (Å²) in [6.45, 7) is 3.90. The molecule has 1 saturated heterocycles. The summed E-state index contributed by atoms with van der Waals surface area (Å²) >= 11 is 0. The van der Waals surface area contributed by atoms with Gasteiger partial charge in [-0.1, -0.05) is 25.1 Å². The number of halogens is 2. The Bertz CT molecular complexity index is 1250. The lowest BCUT2D eigenvalue weighted by atomic mass is 10.0. The van der Waals surface area contributed by atoms with Gasteiger partial charge in [0.05, 0.1) is 18.4 Å². The largest absolute Gasteiger partial charge is 0.350 e. The molecular formula is C25H25F2N5. The monoisotopic (exact) mass is 433 g/mol. The average molecular weight is 434 g/mol. The zero-order chi connectivity index (χ0) is 22.1. The number of benzene rings is 1. The fourth-order valence-corrected chi connectivity index (χ4v) is 4.19. The minimum absolute atomic E-state index is 0.132. The van der Waals surface area contributed by atoms with Gasteiger partial charge < -0.3 is 10.2 Å². The fourth-order valence-electron chi connectivity index (χ4n) is 4.19. The van der Waals surface area contributed by atoms with Gasteiger partial charge in [0.15, 0.2) is 0 Å². The molecule has 7 heteroatoms. The molecule has 0 bridgehead atoms. The molecule has 0 radical (unpaired) electrons. The maximum atomic E-state index is 13.6. The molecule has 5 rings (SSSR count). The maximum Gasteiger partial charge on any atom is 0.266 e. The molecule has 4 heterocycles. The van der Waals surface area contributed by atoms with Gasteiger partial charge in [-0.15, -0.1) is 0 Å². The average Bonchev–Trinajstić information content (AvgIpc) is 3.40. The zero-order valence-electron chi connectivity index (χ0n) is 17.9. The van der Waals surface area contributed by atoms with Crippen LogP contribution in [0.2, 0.25) is 0 Å². The molecule has 0 saturated carbocycles. The normalized spacial score (nSPS) is 15.5. The van der Waals surface area contributed by atoms with Crippen molar-refractivity contribution in [1.29, 1.82) is 0 Å². The number of hydrogen-bond acceptors (Lipinski definition) is 4. The van der Waals surface area contributed by atoms with Crippen molar-refractivity contribution >= 4 is 11.5 Å². The highest BCUT2D eigenvalue weighted by atomic mass is 19.3. The Hall–Kier alpha value is -3.32. The SMILES string of the molecule is CCNCc1cccc(-c2ccn3c(-c4ccnc(N5CCC(F)(F)C5)c4)cnc3c2)c1. The summed E-state index contributed by atoms with van der Waals surface area (Å²) in [7, 11) is 0. The van der Waals surface area contributed by atoms with Crippen LogP contribution in [0.25, 0.3) is 28.0 Å². The third-order valence-electron chi connectivity index (χ3n) is 5.89. The molecule has 1 N–H and O–H groups in total. The first kappa shape index (κ1) is 20.6. The Balaban J connectivity index is 1.45. The Morgan fingerprint density at radius 1 is 1.03 bits per heavy atom. The molecular weight excluding hydrogens is 408 g/mol. The number of imidazole rings is 1. The zero-order valence-corrected chi connectivity index (χ0v) is 17.9. The molecule has 4 aromatic rings. The third kappa shape index (κ3) is 4.08. The number of alkyl halides is 2. The van der Waals surface area contributed by atoms with Crippen LogP contribution in [0.1, 0.15) is 18.9 Å². The van der Waals surface area contributed by atoms with Crippen LogP contribution < -0.4 is 10.2 Å². The van der Waals surface area contributed by atoms with E-state index in [4.69, 9.17) is 0 Å². The molecule has 164 valence electrons. The minimum atomic E-state index is -2.65. The Labute approximate surface area is 185 Å². The Kier molecular flexibility index (Phi) is 5.35. The second kappa shape index (κ2) is 8.31.